The lowest BCUT2D eigenvalue weighted by atomic mass is 9.57. The summed E-state index contributed by atoms with van der Waals surface area (Å²) in [5.74, 6) is 1.43. The Morgan fingerprint density at radius 2 is 1.91 bits per heavy atom. The minimum absolute atomic E-state index is 0.0174. The molecule has 1 spiro atoms. The molecule has 5 fully saturated rings. The lowest BCUT2D eigenvalue weighted by Gasteiger charge is -2.60. The second-order valence-electron chi connectivity index (χ2n) is 10.3. The molecule has 1 aromatic rings. The van der Waals surface area contributed by atoms with E-state index in [0.717, 1.165) is 30.7 Å². The van der Waals surface area contributed by atoms with E-state index < -0.39 is 17.7 Å². The standard InChI is InChI=1S/C25H35NO6/c1-15-5-10-20-16(2)21(11-12-22(27)26-17-6-8-18(28-4)9-7-17)29-23-25(20)19(15)13-14-24(3,30-23)31-32-25/h6-9,15-16,19-21,23H,5,10-14H2,1-4H3,(H,26,27)/t15-,16-,19+,20+,21-,23-,24+,25-/m1/s1. The summed E-state index contributed by atoms with van der Waals surface area (Å²) in [7, 11) is 1.62. The summed E-state index contributed by atoms with van der Waals surface area (Å²) in [5.41, 5.74) is 0.217. The highest BCUT2D eigenvalue weighted by Crippen LogP contribution is 2.60. The Balaban J connectivity index is 1.28. The van der Waals surface area contributed by atoms with E-state index in [4.69, 9.17) is 24.0 Å². The fraction of sp³-hybridized carbons (Fsp3) is 0.720. The van der Waals surface area contributed by atoms with Crippen LogP contribution in [0.1, 0.15) is 59.3 Å². The van der Waals surface area contributed by atoms with Crippen molar-refractivity contribution < 1.29 is 28.8 Å². The summed E-state index contributed by atoms with van der Waals surface area (Å²) in [6.45, 7) is 6.49. The fourth-order valence-corrected chi connectivity index (χ4v) is 6.48. The molecule has 1 aromatic carbocycles. The Morgan fingerprint density at radius 1 is 1.12 bits per heavy atom. The third kappa shape index (κ3) is 3.63. The maximum Gasteiger partial charge on any atom is 0.224 e. The first-order chi connectivity index (χ1) is 15.3. The number of nitrogens with one attached hydrogen (secondary N) is 1. The number of fused-ring (bicyclic) bond motifs is 2. The Morgan fingerprint density at radius 3 is 2.66 bits per heavy atom. The molecule has 4 saturated heterocycles. The molecular weight excluding hydrogens is 410 g/mol. The number of carbonyl (C=O) groups excluding carboxylic acids is 1. The normalized spacial score (nSPS) is 42.6. The first kappa shape index (κ1) is 22.1. The van der Waals surface area contributed by atoms with Crippen LogP contribution in [0.3, 0.4) is 0 Å². The van der Waals surface area contributed by atoms with Gasteiger partial charge in [-0.25, -0.2) is 9.78 Å². The Bertz CT molecular complexity index is 845. The van der Waals surface area contributed by atoms with Gasteiger partial charge in [-0.3, -0.25) is 4.79 Å². The highest BCUT2D eigenvalue weighted by Gasteiger charge is 2.69. The molecule has 176 valence electrons. The van der Waals surface area contributed by atoms with Gasteiger partial charge in [0.15, 0.2) is 11.9 Å². The first-order valence-corrected chi connectivity index (χ1v) is 12.0. The zero-order valence-corrected chi connectivity index (χ0v) is 19.5. The van der Waals surface area contributed by atoms with Crippen LogP contribution in [0.25, 0.3) is 0 Å². The number of hydrogen-bond donors (Lipinski definition) is 1. The molecule has 1 aliphatic carbocycles. The molecule has 4 heterocycles. The average molecular weight is 446 g/mol. The molecular formula is C25H35NO6. The number of amides is 1. The second-order valence-corrected chi connectivity index (χ2v) is 10.3. The molecule has 0 radical (unpaired) electrons. The summed E-state index contributed by atoms with van der Waals surface area (Å²) in [6, 6.07) is 7.36. The van der Waals surface area contributed by atoms with Crippen molar-refractivity contribution in [1.82, 2.24) is 0 Å². The summed E-state index contributed by atoms with van der Waals surface area (Å²) in [4.78, 5) is 24.7. The van der Waals surface area contributed by atoms with Gasteiger partial charge >= 0.3 is 0 Å². The van der Waals surface area contributed by atoms with Crippen LogP contribution in [0.2, 0.25) is 0 Å². The van der Waals surface area contributed by atoms with Crippen LogP contribution in [0.5, 0.6) is 5.75 Å². The number of carbonyl (C=O) groups is 1. The van der Waals surface area contributed by atoms with Gasteiger partial charge in [-0.05, 0) is 74.6 Å². The van der Waals surface area contributed by atoms with Crippen LogP contribution in [0.15, 0.2) is 24.3 Å². The highest BCUT2D eigenvalue weighted by molar-refractivity contribution is 5.90. The number of ether oxygens (including phenoxy) is 3. The third-order valence-corrected chi connectivity index (χ3v) is 8.32. The van der Waals surface area contributed by atoms with Crippen molar-refractivity contribution in [3.05, 3.63) is 24.3 Å². The quantitative estimate of drug-likeness (QED) is 0.664. The monoisotopic (exact) mass is 445 g/mol. The van der Waals surface area contributed by atoms with E-state index in [1.165, 1.54) is 6.42 Å². The molecule has 4 aliphatic heterocycles. The Kier molecular flexibility index (Phi) is 5.73. The molecule has 6 rings (SSSR count). The third-order valence-electron chi connectivity index (χ3n) is 8.32. The molecule has 32 heavy (non-hydrogen) atoms. The predicted molar refractivity (Wildman–Crippen MR) is 118 cm³/mol. The lowest BCUT2D eigenvalue weighted by Crippen LogP contribution is -2.70. The van der Waals surface area contributed by atoms with Crippen molar-refractivity contribution in [3.8, 4) is 5.75 Å². The topological polar surface area (TPSA) is 75.3 Å². The summed E-state index contributed by atoms with van der Waals surface area (Å²) in [5, 5.41) is 2.97. The van der Waals surface area contributed by atoms with Crippen LogP contribution >= 0.6 is 0 Å². The van der Waals surface area contributed by atoms with E-state index >= 15 is 0 Å². The molecule has 8 atom stereocenters. The molecule has 7 heteroatoms. The maximum absolute atomic E-state index is 12.6. The average Bonchev–Trinajstić information content (AvgIpc) is 3.01. The second kappa shape index (κ2) is 8.28. The van der Waals surface area contributed by atoms with E-state index in [0.29, 0.717) is 30.6 Å². The van der Waals surface area contributed by atoms with E-state index in [-0.39, 0.29) is 17.9 Å². The SMILES string of the molecule is COc1ccc(NC(=O)CC[C@H]2O[C@@H]3O[C@]4(C)CC[C@H]5[C@H](C)CC[C@@H]([C@H]2C)[C@@]35OO4)cc1. The van der Waals surface area contributed by atoms with Crippen molar-refractivity contribution >= 4 is 11.6 Å². The van der Waals surface area contributed by atoms with Gasteiger partial charge in [0.2, 0.25) is 11.7 Å². The maximum atomic E-state index is 12.6. The van der Waals surface area contributed by atoms with E-state index in [1.807, 2.05) is 31.2 Å². The van der Waals surface area contributed by atoms with Crippen molar-refractivity contribution in [1.29, 1.82) is 0 Å². The van der Waals surface area contributed by atoms with Gasteiger partial charge < -0.3 is 19.5 Å². The Labute approximate surface area is 190 Å². The van der Waals surface area contributed by atoms with Crippen molar-refractivity contribution in [3.63, 3.8) is 0 Å². The molecule has 7 nitrogen and oxygen atoms in total. The minimum Gasteiger partial charge on any atom is -0.497 e. The van der Waals surface area contributed by atoms with Crippen LogP contribution in [-0.2, 0) is 24.0 Å². The van der Waals surface area contributed by atoms with Gasteiger partial charge in [0, 0.05) is 24.4 Å². The van der Waals surface area contributed by atoms with Crippen LogP contribution in [-0.4, -0.2) is 36.8 Å². The van der Waals surface area contributed by atoms with Crippen molar-refractivity contribution in [2.45, 2.75) is 83.1 Å². The Hall–Kier alpha value is -1.67. The number of benzene rings is 1. The summed E-state index contributed by atoms with van der Waals surface area (Å²) < 4.78 is 18.1. The lowest BCUT2D eigenvalue weighted by molar-refractivity contribution is -0.571. The number of methoxy groups -OCH3 is 1. The van der Waals surface area contributed by atoms with Crippen molar-refractivity contribution in [2.24, 2.45) is 23.7 Å². The number of anilines is 1. The molecule has 1 amide bonds. The van der Waals surface area contributed by atoms with Crippen LogP contribution < -0.4 is 10.1 Å². The van der Waals surface area contributed by atoms with E-state index in [2.05, 4.69) is 19.2 Å². The molecule has 0 unspecified atom stereocenters. The van der Waals surface area contributed by atoms with Gasteiger partial charge in [-0.2, -0.15) is 0 Å². The first-order valence-electron chi connectivity index (χ1n) is 12.0. The van der Waals surface area contributed by atoms with Gasteiger partial charge in [0.25, 0.3) is 0 Å². The number of hydrogen-bond acceptors (Lipinski definition) is 6. The molecule has 5 aliphatic rings. The van der Waals surface area contributed by atoms with E-state index in [1.54, 1.807) is 7.11 Å². The minimum atomic E-state index is -0.769. The number of rotatable bonds is 5. The largest absolute Gasteiger partial charge is 0.497 e. The summed E-state index contributed by atoms with van der Waals surface area (Å²) in [6.07, 6.45) is 4.60. The van der Waals surface area contributed by atoms with E-state index in [9.17, 15) is 4.79 Å². The van der Waals surface area contributed by atoms with Gasteiger partial charge in [0.05, 0.1) is 13.2 Å². The highest BCUT2D eigenvalue weighted by atomic mass is 17.3. The summed E-state index contributed by atoms with van der Waals surface area (Å²) >= 11 is 0. The predicted octanol–water partition coefficient (Wildman–Crippen LogP) is 4.66. The van der Waals surface area contributed by atoms with Gasteiger partial charge in [0.1, 0.15) is 5.75 Å². The van der Waals surface area contributed by atoms with Gasteiger partial charge in [-0.15, -0.1) is 0 Å². The van der Waals surface area contributed by atoms with Crippen LogP contribution in [0.4, 0.5) is 5.69 Å². The smallest absolute Gasteiger partial charge is 0.224 e. The zero-order valence-electron chi connectivity index (χ0n) is 19.5. The molecule has 0 aromatic heterocycles. The molecule has 2 bridgehead atoms. The van der Waals surface area contributed by atoms with Crippen molar-refractivity contribution in [2.75, 3.05) is 12.4 Å². The molecule has 1 N–H and O–H groups in total. The van der Waals surface area contributed by atoms with Gasteiger partial charge in [-0.1, -0.05) is 13.8 Å². The fourth-order valence-electron chi connectivity index (χ4n) is 6.48. The molecule has 1 saturated carbocycles. The van der Waals surface area contributed by atoms with Crippen LogP contribution in [0, 0.1) is 23.7 Å². The zero-order chi connectivity index (χ0) is 22.5.